The Morgan fingerprint density at radius 1 is 1.10 bits per heavy atom. The van der Waals surface area contributed by atoms with E-state index in [-0.39, 0.29) is 12.4 Å². The van der Waals surface area contributed by atoms with Gasteiger partial charge in [-0.1, -0.05) is 15.9 Å². The molecule has 64 valence electrons. The number of nitrogens with zero attached hydrogens (tertiary/aromatic N) is 1. The molecule has 0 aromatic rings. The zero-order valence-corrected chi connectivity index (χ0v) is 9.37. The van der Waals surface area contributed by atoms with Gasteiger partial charge in [0.05, 0.1) is 27.7 Å². The van der Waals surface area contributed by atoms with Crippen molar-refractivity contribution in [3.05, 3.63) is 0 Å². The molecule has 0 aromatic heterocycles. The highest BCUT2D eigenvalue weighted by Gasteiger charge is 2.03. The van der Waals surface area contributed by atoms with E-state index < -0.39 is 0 Å². The Bertz CT molecular complexity index is 70.5. The van der Waals surface area contributed by atoms with Crippen molar-refractivity contribution in [2.45, 2.75) is 12.8 Å². The first-order valence-electron chi connectivity index (χ1n) is 3.43. The topological polar surface area (TPSA) is 0 Å². The van der Waals surface area contributed by atoms with E-state index in [4.69, 9.17) is 0 Å². The number of halogens is 2. The van der Waals surface area contributed by atoms with E-state index in [0.29, 0.717) is 0 Å². The van der Waals surface area contributed by atoms with Crippen molar-refractivity contribution in [3.63, 3.8) is 0 Å². The molecular weight excluding hydrogens is 213 g/mol. The average Bonchev–Trinajstić information content (AvgIpc) is 1.63. The molecule has 0 rings (SSSR count). The second kappa shape index (κ2) is 6.44. The molecule has 0 radical (unpaired) electrons. The lowest BCUT2D eigenvalue weighted by atomic mass is 10.3. The second-order valence-electron chi connectivity index (χ2n) is 3.41. The Hall–Kier alpha value is 0.730. The van der Waals surface area contributed by atoms with Crippen molar-refractivity contribution < 1.29 is 16.9 Å². The van der Waals surface area contributed by atoms with Crippen LogP contribution in [0.3, 0.4) is 0 Å². The van der Waals surface area contributed by atoms with Gasteiger partial charge in [-0.2, -0.15) is 0 Å². The molecule has 0 unspecified atom stereocenters. The van der Waals surface area contributed by atoms with Crippen molar-refractivity contribution in [1.82, 2.24) is 0 Å². The van der Waals surface area contributed by atoms with E-state index in [2.05, 4.69) is 37.1 Å². The first-order valence-corrected chi connectivity index (χ1v) is 4.55. The van der Waals surface area contributed by atoms with Crippen LogP contribution in [0.5, 0.6) is 0 Å². The molecule has 0 saturated carbocycles. The van der Waals surface area contributed by atoms with Gasteiger partial charge in [0.1, 0.15) is 0 Å². The third kappa shape index (κ3) is 11.5. The molecule has 0 fully saturated rings. The fraction of sp³-hybridized carbons (Fsp3) is 1.00. The Morgan fingerprint density at radius 2 is 1.60 bits per heavy atom. The summed E-state index contributed by atoms with van der Waals surface area (Å²) in [5, 5.41) is 1.15. The molecule has 10 heavy (non-hydrogen) atoms. The molecule has 0 aliphatic rings. The SMILES string of the molecule is C[N+](C)(C)CCCCBr.[Cl-]. The fourth-order valence-electron chi connectivity index (χ4n) is 0.681. The molecule has 0 bridgehead atoms. The van der Waals surface area contributed by atoms with Gasteiger partial charge in [-0.3, -0.25) is 0 Å². The maximum absolute atomic E-state index is 3.41. The summed E-state index contributed by atoms with van der Waals surface area (Å²) < 4.78 is 1.09. The summed E-state index contributed by atoms with van der Waals surface area (Å²) in [4.78, 5) is 0. The van der Waals surface area contributed by atoms with E-state index in [1.807, 2.05) is 0 Å². The average molecular weight is 231 g/mol. The van der Waals surface area contributed by atoms with Crippen molar-refractivity contribution in [2.75, 3.05) is 33.0 Å². The summed E-state index contributed by atoms with van der Waals surface area (Å²) in [6.45, 7) is 1.28. The van der Waals surface area contributed by atoms with Gasteiger partial charge in [0.25, 0.3) is 0 Å². The zero-order valence-electron chi connectivity index (χ0n) is 7.03. The maximum atomic E-state index is 3.41. The third-order valence-electron chi connectivity index (χ3n) is 1.21. The van der Waals surface area contributed by atoms with Gasteiger partial charge in [0.15, 0.2) is 0 Å². The number of unbranched alkanes of at least 4 members (excludes halogenated alkanes) is 1. The van der Waals surface area contributed by atoms with E-state index in [1.165, 1.54) is 19.4 Å². The van der Waals surface area contributed by atoms with Crippen LogP contribution >= 0.6 is 15.9 Å². The molecule has 0 spiro atoms. The van der Waals surface area contributed by atoms with Crippen molar-refractivity contribution >= 4 is 15.9 Å². The molecule has 0 N–H and O–H groups in total. The largest absolute Gasteiger partial charge is 1.00 e. The summed E-state index contributed by atoms with van der Waals surface area (Å²) >= 11 is 3.41. The number of alkyl halides is 1. The molecule has 1 nitrogen and oxygen atoms in total. The number of hydrogen-bond acceptors (Lipinski definition) is 0. The maximum Gasteiger partial charge on any atom is 0.0780 e. The van der Waals surface area contributed by atoms with Gasteiger partial charge in [0, 0.05) is 5.33 Å². The third-order valence-corrected chi connectivity index (χ3v) is 1.77. The smallest absolute Gasteiger partial charge is 0.0780 e. The van der Waals surface area contributed by atoms with Crippen LogP contribution in [-0.2, 0) is 0 Å². The molecule has 0 atom stereocenters. The minimum atomic E-state index is 0. The molecule has 0 heterocycles. The standard InChI is InChI=1S/C7H17BrN.ClH/c1-9(2,3)7-5-4-6-8;/h4-7H2,1-3H3;1H/q+1;/p-1. The lowest BCUT2D eigenvalue weighted by Crippen LogP contribution is -3.00. The Kier molecular flexibility index (Phi) is 8.58. The fourth-order valence-corrected chi connectivity index (χ4v) is 1.08. The van der Waals surface area contributed by atoms with Crippen LogP contribution in [0.2, 0.25) is 0 Å². The Labute approximate surface area is 78.9 Å². The molecule has 0 aromatic carbocycles. The number of rotatable bonds is 4. The highest BCUT2D eigenvalue weighted by Crippen LogP contribution is 1.98. The number of quaternary nitrogens is 1. The van der Waals surface area contributed by atoms with E-state index in [1.54, 1.807) is 0 Å². The van der Waals surface area contributed by atoms with E-state index in [0.717, 1.165) is 9.81 Å². The van der Waals surface area contributed by atoms with Crippen molar-refractivity contribution in [3.8, 4) is 0 Å². The molecular formula is C7H17BrClN. The molecule has 0 aliphatic heterocycles. The molecule has 3 heteroatoms. The van der Waals surface area contributed by atoms with Gasteiger partial charge >= 0.3 is 0 Å². The highest BCUT2D eigenvalue weighted by molar-refractivity contribution is 9.09. The van der Waals surface area contributed by atoms with Crippen LogP contribution in [0.4, 0.5) is 0 Å². The monoisotopic (exact) mass is 229 g/mol. The Morgan fingerprint density at radius 3 is 1.90 bits per heavy atom. The lowest BCUT2D eigenvalue weighted by Gasteiger charge is -2.23. The molecule has 0 amide bonds. The Balaban J connectivity index is 0. The first-order chi connectivity index (χ1) is 4.06. The van der Waals surface area contributed by atoms with Crippen LogP contribution in [-0.4, -0.2) is 37.5 Å². The summed E-state index contributed by atoms with van der Waals surface area (Å²) in [6, 6.07) is 0. The van der Waals surface area contributed by atoms with Crippen LogP contribution in [0, 0.1) is 0 Å². The van der Waals surface area contributed by atoms with Gasteiger partial charge in [-0.15, -0.1) is 0 Å². The van der Waals surface area contributed by atoms with Gasteiger partial charge in [0.2, 0.25) is 0 Å². The van der Waals surface area contributed by atoms with Crippen LogP contribution in [0.15, 0.2) is 0 Å². The predicted molar refractivity (Wildman–Crippen MR) is 45.9 cm³/mol. The van der Waals surface area contributed by atoms with Crippen molar-refractivity contribution in [2.24, 2.45) is 0 Å². The molecule has 0 aliphatic carbocycles. The highest BCUT2D eigenvalue weighted by atomic mass is 79.9. The zero-order chi connectivity index (χ0) is 7.33. The van der Waals surface area contributed by atoms with Gasteiger partial charge in [-0.05, 0) is 12.8 Å². The van der Waals surface area contributed by atoms with Crippen LogP contribution < -0.4 is 12.4 Å². The summed E-state index contributed by atoms with van der Waals surface area (Å²) in [5.74, 6) is 0. The lowest BCUT2D eigenvalue weighted by molar-refractivity contribution is -0.870. The normalized spacial score (nSPS) is 10.8. The quantitative estimate of drug-likeness (QED) is 0.326. The van der Waals surface area contributed by atoms with E-state index >= 15 is 0 Å². The second-order valence-corrected chi connectivity index (χ2v) is 4.20. The predicted octanol–water partition coefficient (Wildman–Crippen LogP) is -1.13. The summed E-state index contributed by atoms with van der Waals surface area (Å²) in [5.41, 5.74) is 0. The first kappa shape index (κ1) is 13.3. The van der Waals surface area contributed by atoms with Crippen molar-refractivity contribution in [1.29, 1.82) is 0 Å². The van der Waals surface area contributed by atoms with Gasteiger partial charge in [-0.25, -0.2) is 0 Å². The summed E-state index contributed by atoms with van der Waals surface area (Å²) in [7, 11) is 6.69. The summed E-state index contributed by atoms with van der Waals surface area (Å²) in [6.07, 6.45) is 2.63. The molecule has 0 saturated heterocycles. The van der Waals surface area contributed by atoms with Crippen LogP contribution in [0.1, 0.15) is 12.8 Å². The van der Waals surface area contributed by atoms with Crippen LogP contribution in [0.25, 0.3) is 0 Å². The van der Waals surface area contributed by atoms with E-state index in [9.17, 15) is 0 Å². The minimum Gasteiger partial charge on any atom is -1.00 e. The van der Waals surface area contributed by atoms with Gasteiger partial charge < -0.3 is 16.9 Å². The number of hydrogen-bond donors (Lipinski definition) is 0. The minimum absolute atomic E-state index is 0.